The van der Waals surface area contributed by atoms with Gasteiger partial charge < -0.3 is 9.94 Å². The molecule has 118 valence electrons. The number of hydrogen-bond donors (Lipinski definition) is 1. The van der Waals surface area contributed by atoms with E-state index in [9.17, 15) is 9.59 Å². The number of Topliss-reactive ketones (excluding diaryl/α,β-unsaturated/α-hetero) is 1. The lowest BCUT2D eigenvalue weighted by atomic mass is 10.0. The van der Waals surface area contributed by atoms with E-state index >= 15 is 0 Å². The molecule has 0 saturated carbocycles. The first kappa shape index (κ1) is 16.2. The minimum absolute atomic E-state index is 0.0762. The van der Waals surface area contributed by atoms with Gasteiger partial charge in [-0.05, 0) is 24.6 Å². The quantitative estimate of drug-likeness (QED) is 0.649. The van der Waals surface area contributed by atoms with Crippen molar-refractivity contribution in [3.63, 3.8) is 0 Å². The molecule has 0 bridgehead atoms. The fraction of sp³-hybridized carbons (Fsp3) is 0.250. The maximum Gasteiger partial charge on any atom is 0.440 e. The van der Waals surface area contributed by atoms with Crippen molar-refractivity contribution in [1.29, 1.82) is 5.26 Å². The lowest BCUT2D eigenvalue weighted by Crippen LogP contribution is -2.34. The summed E-state index contributed by atoms with van der Waals surface area (Å²) in [4.78, 5) is 33.0. The van der Waals surface area contributed by atoms with E-state index in [0.29, 0.717) is 17.3 Å². The summed E-state index contributed by atoms with van der Waals surface area (Å²) in [5.41, 5.74) is 0.499. The van der Waals surface area contributed by atoms with Gasteiger partial charge >= 0.3 is 6.09 Å². The van der Waals surface area contributed by atoms with Gasteiger partial charge in [0.1, 0.15) is 0 Å². The molecule has 0 fully saturated rings. The van der Waals surface area contributed by atoms with Gasteiger partial charge in [0.25, 0.3) is 0 Å². The molecule has 1 aromatic carbocycles. The number of pyridine rings is 1. The van der Waals surface area contributed by atoms with Crippen molar-refractivity contribution in [2.45, 2.75) is 19.8 Å². The zero-order chi connectivity index (χ0) is 16.8. The summed E-state index contributed by atoms with van der Waals surface area (Å²) < 4.78 is 0. The largest absolute Gasteiger partial charge is 0.463 e. The Morgan fingerprint density at radius 3 is 2.83 bits per heavy atom. The summed E-state index contributed by atoms with van der Waals surface area (Å²) in [6.45, 7) is 1.96. The van der Waals surface area contributed by atoms with E-state index < -0.39 is 11.9 Å². The molecule has 0 atom stereocenters. The van der Waals surface area contributed by atoms with Crippen LogP contribution in [-0.4, -0.2) is 33.6 Å². The Hall–Kier alpha value is -3.14. The molecule has 1 heterocycles. The van der Waals surface area contributed by atoms with E-state index in [1.807, 2.05) is 6.92 Å². The highest BCUT2D eigenvalue weighted by atomic mass is 16.7. The summed E-state index contributed by atoms with van der Waals surface area (Å²) >= 11 is 0. The Labute approximate surface area is 132 Å². The number of carbonyl (C=O) groups excluding carboxylic acids is 1. The molecule has 0 aliphatic rings. The van der Waals surface area contributed by atoms with Crippen LogP contribution in [0.15, 0.2) is 30.5 Å². The van der Waals surface area contributed by atoms with Crippen molar-refractivity contribution < 1.29 is 19.5 Å². The van der Waals surface area contributed by atoms with Crippen LogP contribution in [0.5, 0.6) is 5.75 Å². The third-order valence-corrected chi connectivity index (χ3v) is 3.10. The molecule has 23 heavy (non-hydrogen) atoms. The van der Waals surface area contributed by atoms with E-state index in [1.54, 1.807) is 24.3 Å². The minimum Gasteiger partial charge on any atom is -0.463 e. The zero-order valence-electron chi connectivity index (χ0n) is 12.5. The minimum atomic E-state index is -1.26. The molecule has 1 aromatic heterocycles. The van der Waals surface area contributed by atoms with Crippen molar-refractivity contribution in [3.05, 3.63) is 36.0 Å². The number of amides is 1. The fourth-order valence-corrected chi connectivity index (χ4v) is 2.13. The van der Waals surface area contributed by atoms with Crippen molar-refractivity contribution in [1.82, 2.24) is 10.0 Å². The molecule has 2 rings (SSSR count). The maximum absolute atomic E-state index is 12.3. The topological polar surface area (TPSA) is 104 Å². The third kappa shape index (κ3) is 3.55. The van der Waals surface area contributed by atoms with Crippen LogP contribution in [-0.2, 0) is 0 Å². The number of fused-ring (bicyclic) bond motifs is 1. The first-order chi connectivity index (χ1) is 11.1. The van der Waals surface area contributed by atoms with Gasteiger partial charge in [-0.25, -0.2) is 4.79 Å². The highest BCUT2D eigenvalue weighted by Crippen LogP contribution is 2.28. The van der Waals surface area contributed by atoms with Crippen molar-refractivity contribution >= 4 is 22.8 Å². The number of carboxylic acid groups (broad SMARTS) is 1. The van der Waals surface area contributed by atoms with Gasteiger partial charge in [-0.15, -0.1) is 5.06 Å². The predicted octanol–water partition coefficient (Wildman–Crippen LogP) is 3.01. The monoisotopic (exact) mass is 313 g/mol. The number of hydroxylamine groups is 2. The van der Waals surface area contributed by atoms with Gasteiger partial charge in [0.2, 0.25) is 0 Å². The summed E-state index contributed by atoms with van der Waals surface area (Å²) in [6.07, 6.45) is 0.481. The Morgan fingerprint density at radius 2 is 2.17 bits per heavy atom. The molecule has 0 spiro atoms. The summed E-state index contributed by atoms with van der Waals surface area (Å²) in [7, 11) is 0. The number of rotatable bonds is 6. The van der Waals surface area contributed by atoms with E-state index in [0.717, 1.165) is 5.06 Å². The fourth-order valence-electron chi connectivity index (χ4n) is 2.13. The molecule has 1 N–H and O–H groups in total. The van der Waals surface area contributed by atoms with E-state index in [4.69, 9.17) is 15.2 Å². The summed E-state index contributed by atoms with van der Waals surface area (Å²) in [5.74, 6) is -0.388. The number of carbonyl (C=O) groups is 2. The van der Waals surface area contributed by atoms with Crippen molar-refractivity contribution in [2.24, 2.45) is 0 Å². The highest BCUT2D eigenvalue weighted by Gasteiger charge is 2.21. The lowest BCUT2D eigenvalue weighted by molar-refractivity contribution is -0.0359. The summed E-state index contributed by atoms with van der Waals surface area (Å²) in [5, 5.41) is 19.4. The number of hydrogen-bond acceptors (Lipinski definition) is 5. The molecule has 0 radical (unpaired) electrons. The van der Waals surface area contributed by atoms with E-state index in [-0.39, 0.29) is 24.3 Å². The van der Waals surface area contributed by atoms with Crippen LogP contribution in [0.4, 0.5) is 4.79 Å². The molecule has 1 amide bonds. The number of ketones is 1. The van der Waals surface area contributed by atoms with Crippen LogP contribution in [0, 0.1) is 11.3 Å². The van der Waals surface area contributed by atoms with Crippen LogP contribution < -0.4 is 4.84 Å². The van der Waals surface area contributed by atoms with Crippen LogP contribution in [0.25, 0.3) is 10.9 Å². The number of nitrogens with zero attached hydrogens (tertiary/aromatic N) is 3. The van der Waals surface area contributed by atoms with Crippen LogP contribution in [0.2, 0.25) is 0 Å². The Morgan fingerprint density at radius 1 is 1.39 bits per heavy atom. The molecule has 0 saturated heterocycles. The first-order valence-electron chi connectivity index (χ1n) is 7.04. The highest BCUT2D eigenvalue weighted by molar-refractivity contribution is 6.09. The molecule has 0 unspecified atom stereocenters. The molecule has 7 heteroatoms. The predicted molar refractivity (Wildman–Crippen MR) is 82.0 cm³/mol. The smallest absolute Gasteiger partial charge is 0.440 e. The molecule has 7 nitrogen and oxygen atoms in total. The second-order valence-corrected chi connectivity index (χ2v) is 4.75. The van der Waals surface area contributed by atoms with E-state index in [1.165, 1.54) is 12.3 Å². The standard InChI is InChI=1S/C16H15N3O4/c1-2-10-19(16(21)22)23-13-6-5-11-4-3-9-18-15(11)14(13)12(20)7-8-17/h3-6,9H,2,7,10H2,1H3,(H,21,22). The van der Waals surface area contributed by atoms with Crippen molar-refractivity contribution in [2.75, 3.05) is 6.54 Å². The average molecular weight is 313 g/mol. The second kappa shape index (κ2) is 7.22. The first-order valence-corrected chi connectivity index (χ1v) is 7.04. The number of benzene rings is 1. The van der Waals surface area contributed by atoms with Gasteiger partial charge in [-0.1, -0.05) is 13.0 Å². The van der Waals surface area contributed by atoms with Crippen LogP contribution in [0.1, 0.15) is 30.1 Å². The maximum atomic E-state index is 12.3. The molecular formula is C16H15N3O4. The number of aromatic nitrogens is 1. The van der Waals surface area contributed by atoms with Crippen LogP contribution in [0.3, 0.4) is 0 Å². The SMILES string of the molecule is CCCN(Oc1ccc2cccnc2c1C(=O)CC#N)C(=O)O. The van der Waals surface area contributed by atoms with Gasteiger partial charge in [-0.3, -0.25) is 9.78 Å². The van der Waals surface area contributed by atoms with Gasteiger partial charge in [-0.2, -0.15) is 5.26 Å². The second-order valence-electron chi connectivity index (χ2n) is 4.75. The molecular weight excluding hydrogens is 298 g/mol. The lowest BCUT2D eigenvalue weighted by Gasteiger charge is -2.20. The average Bonchev–Trinajstić information content (AvgIpc) is 2.54. The number of nitriles is 1. The Kier molecular flexibility index (Phi) is 5.10. The Balaban J connectivity index is 2.54. The molecule has 0 aliphatic heterocycles. The van der Waals surface area contributed by atoms with Gasteiger partial charge in [0.15, 0.2) is 11.5 Å². The van der Waals surface area contributed by atoms with Gasteiger partial charge in [0.05, 0.1) is 30.1 Å². The van der Waals surface area contributed by atoms with Crippen LogP contribution >= 0.6 is 0 Å². The van der Waals surface area contributed by atoms with Gasteiger partial charge in [0, 0.05) is 11.6 Å². The molecule has 0 aliphatic carbocycles. The normalized spacial score (nSPS) is 10.1. The van der Waals surface area contributed by atoms with E-state index in [2.05, 4.69) is 4.98 Å². The molecule has 2 aromatic rings. The third-order valence-electron chi connectivity index (χ3n) is 3.10. The van der Waals surface area contributed by atoms with Crippen molar-refractivity contribution in [3.8, 4) is 11.8 Å². The zero-order valence-corrected chi connectivity index (χ0v) is 12.5. The Bertz CT molecular complexity index is 782. The summed E-state index contributed by atoms with van der Waals surface area (Å²) in [6, 6.07) is 8.50.